The molecule has 7 nitrogen and oxygen atoms in total. The first-order valence-corrected chi connectivity index (χ1v) is 8.42. The number of anilines is 1. The van der Waals surface area contributed by atoms with E-state index in [-0.39, 0.29) is 25.9 Å². The van der Waals surface area contributed by atoms with E-state index in [1.54, 1.807) is 29.5 Å². The van der Waals surface area contributed by atoms with Crippen molar-refractivity contribution in [2.24, 2.45) is 0 Å². The third-order valence-electron chi connectivity index (χ3n) is 3.46. The molecule has 1 N–H and O–H groups in total. The molecule has 1 aliphatic heterocycles. The first-order chi connectivity index (χ1) is 12.3. The lowest BCUT2D eigenvalue weighted by molar-refractivity contribution is -0.121. The number of carbonyl (C=O) groups is 1. The predicted octanol–water partition coefficient (Wildman–Crippen LogP) is 3.29. The SMILES string of the molecule is O=C(COCc1cc(-c2cccs2)on1)Nc1ccc2c(c1)OCO2. The third-order valence-corrected chi connectivity index (χ3v) is 4.35. The van der Waals surface area contributed by atoms with Crippen molar-refractivity contribution in [3.63, 3.8) is 0 Å². The number of benzene rings is 1. The summed E-state index contributed by atoms with van der Waals surface area (Å²) in [5, 5.41) is 8.65. The monoisotopic (exact) mass is 358 g/mol. The van der Waals surface area contributed by atoms with E-state index < -0.39 is 0 Å². The molecule has 0 bridgehead atoms. The highest BCUT2D eigenvalue weighted by atomic mass is 32.1. The fourth-order valence-corrected chi connectivity index (χ4v) is 3.01. The maximum atomic E-state index is 11.9. The molecule has 1 amide bonds. The van der Waals surface area contributed by atoms with E-state index in [2.05, 4.69) is 10.5 Å². The summed E-state index contributed by atoms with van der Waals surface area (Å²) >= 11 is 1.57. The molecule has 0 atom stereocenters. The summed E-state index contributed by atoms with van der Waals surface area (Å²) < 4.78 is 21.1. The van der Waals surface area contributed by atoms with Crippen LogP contribution in [-0.4, -0.2) is 24.5 Å². The molecule has 0 unspecified atom stereocenters. The molecule has 3 aromatic rings. The Kier molecular flexibility index (Phi) is 4.36. The van der Waals surface area contributed by atoms with Gasteiger partial charge in [0.1, 0.15) is 12.3 Å². The minimum absolute atomic E-state index is 0.0877. The van der Waals surface area contributed by atoms with E-state index in [4.69, 9.17) is 18.7 Å². The van der Waals surface area contributed by atoms with Crippen molar-refractivity contribution in [3.05, 3.63) is 47.5 Å². The van der Waals surface area contributed by atoms with Crippen LogP contribution in [0, 0.1) is 0 Å². The Labute approximate surface area is 147 Å². The van der Waals surface area contributed by atoms with Crippen LogP contribution >= 0.6 is 11.3 Å². The lowest BCUT2D eigenvalue weighted by Crippen LogP contribution is -2.18. The number of amides is 1. The van der Waals surface area contributed by atoms with Crippen LogP contribution in [0.25, 0.3) is 10.6 Å². The topological polar surface area (TPSA) is 82.8 Å². The molecular weight excluding hydrogens is 344 g/mol. The highest BCUT2D eigenvalue weighted by Crippen LogP contribution is 2.34. The highest BCUT2D eigenvalue weighted by molar-refractivity contribution is 7.13. The van der Waals surface area contributed by atoms with Gasteiger partial charge in [0.2, 0.25) is 12.7 Å². The Morgan fingerprint density at radius 1 is 1.24 bits per heavy atom. The number of thiophene rings is 1. The fraction of sp³-hybridized carbons (Fsp3) is 0.176. The number of aromatic nitrogens is 1. The summed E-state index contributed by atoms with van der Waals surface area (Å²) in [5.41, 5.74) is 1.26. The molecule has 25 heavy (non-hydrogen) atoms. The van der Waals surface area contributed by atoms with Gasteiger partial charge in [0.25, 0.3) is 0 Å². The zero-order chi connectivity index (χ0) is 17.1. The number of hydrogen-bond acceptors (Lipinski definition) is 7. The Morgan fingerprint density at radius 3 is 3.04 bits per heavy atom. The van der Waals surface area contributed by atoms with Crippen molar-refractivity contribution in [1.82, 2.24) is 5.16 Å². The molecule has 4 rings (SSSR count). The van der Waals surface area contributed by atoms with Crippen molar-refractivity contribution >= 4 is 22.9 Å². The summed E-state index contributed by atoms with van der Waals surface area (Å²) in [7, 11) is 0. The van der Waals surface area contributed by atoms with Crippen molar-refractivity contribution in [3.8, 4) is 22.1 Å². The first-order valence-electron chi connectivity index (χ1n) is 7.55. The van der Waals surface area contributed by atoms with E-state index in [1.807, 2.05) is 23.6 Å². The van der Waals surface area contributed by atoms with Gasteiger partial charge in [0.15, 0.2) is 17.3 Å². The van der Waals surface area contributed by atoms with E-state index in [9.17, 15) is 4.79 Å². The minimum atomic E-state index is -0.263. The predicted molar refractivity (Wildman–Crippen MR) is 90.7 cm³/mol. The van der Waals surface area contributed by atoms with Crippen molar-refractivity contribution in [1.29, 1.82) is 0 Å². The van der Waals surface area contributed by atoms with Gasteiger partial charge in [-0.15, -0.1) is 11.3 Å². The second-order valence-corrected chi connectivity index (χ2v) is 6.22. The normalized spacial score (nSPS) is 12.3. The zero-order valence-electron chi connectivity index (χ0n) is 13.1. The maximum absolute atomic E-state index is 11.9. The van der Waals surface area contributed by atoms with Gasteiger partial charge in [0, 0.05) is 17.8 Å². The first kappa shape index (κ1) is 15.7. The van der Waals surface area contributed by atoms with Crippen LogP contribution < -0.4 is 14.8 Å². The van der Waals surface area contributed by atoms with Crippen molar-refractivity contribution < 1.29 is 23.5 Å². The molecule has 0 radical (unpaired) electrons. The standard InChI is InChI=1S/C17H14N2O5S/c20-17(18-11-3-4-13-14(6-11)23-10-22-13)9-21-8-12-7-15(24-19-12)16-2-1-5-25-16/h1-7H,8-10H2,(H,18,20). The Bertz CT molecular complexity index is 875. The molecule has 8 heteroatoms. The van der Waals surface area contributed by atoms with Crippen LogP contribution in [0.1, 0.15) is 5.69 Å². The second-order valence-electron chi connectivity index (χ2n) is 5.27. The van der Waals surface area contributed by atoms with Gasteiger partial charge in [0.05, 0.1) is 11.5 Å². The number of nitrogens with one attached hydrogen (secondary N) is 1. The number of carbonyl (C=O) groups excluding carboxylic acids is 1. The van der Waals surface area contributed by atoms with Gasteiger partial charge in [-0.25, -0.2) is 0 Å². The summed E-state index contributed by atoms with van der Waals surface area (Å²) in [5.74, 6) is 1.71. The third kappa shape index (κ3) is 3.65. The molecule has 2 aromatic heterocycles. The quantitative estimate of drug-likeness (QED) is 0.728. The fourth-order valence-electron chi connectivity index (χ4n) is 2.33. The van der Waals surface area contributed by atoms with E-state index in [1.165, 1.54) is 0 Å². The molecule has 0 fully saturated rings. The zero-order valence-corrected chi connectivity index (χ0v) is 13.9. The van der Waals surface area contributed by atoms with E-state index in [0.29, 0.717) is 28.6 Å². The average Bonchev–Trinajstić information content (AvgIpc) is 3.35. The van der Waals surface area contributed by atoms with Gasteiger partial charge < -0.3 is 24.1 Å². The van der Waals surface area contributed by atoms with Crippen LogP contribution in [0.3, 0.4) is 0 Å². The van der Waals surface area contributed by atoms with Gasteiger partial charge in [-0.2, -0.15) is 0 Å². The molecule has 128 valence electrons. The average molecular weight is 358 g/mol. The molecule has 1 aliphatic rings. The van der Waals surface area contributed by atoms with Crippen LogP contribution in [0.4, 0.5) is 5.69 Å². The van der Waals surface area contributed by atoms with Crippen LogP contribution in [0.2, 0.25) is 0 Å². The Balaban J connectivity index is 1.26. The summed E-state index contributed by atoms with van der Waals surface area (Å²) in [4.78, 5) is 12.9. The minimum Gasteiger partial charge on any atom is -0.454 e. The van der Waals surface area contributed by atoms with Crippen molar-refractivity contribution in [2.75, 3.05) is 18.7 Å². The van der Waals surface area contributed by atoms with Gasteiger partial charge in [-0.05, 0) is 23.6 Å². The van der Waals surface area contributed by atoms with Crippen LogP contribution in [0.5, 0.6) is 11.5 Å². The summed E-state index contributed by atoms with van der Waals surface area (Å²) in [6.45, 7) is 0.306. The second kappa shape index (κ2) is 6.96. The van der Waals surface area contributed by atoms with Gasteiger partial charge in [-0.3, -0.25) is 4.79 Å². The number of ether oxygens (including phenoxy) is 3. The van der Waals surface area contributed by atoms with Gasteiger partial charge in [-0.1, -0.05) is 11.2 Å². The summed E-state index contributed by atoms with van der Waals surface area (Å²) in [6, 6.07) is 10.9. The lowest BCUT2D eigenvalue weighted by Gasteiger charge is -2.06. The van der Waals surface area contributed by atoms with Crippen molar-refractivity contribution in [2.45, 2.75) is 6.61 Å². The molecule has 0 saturated heterocycles. The number of fused-ring (bicyclic) bond motifs is 1. The Morgan fingerprint density at radius 2 is 2.16 bits per heavy atom. The maximum Gasteiger partial charge on any atom is 0.250 e. The van der Waals surface area contributed by atoms with Crippen LogP contribution in [-0.2, 0) is 16.1 Å². The molecule has 3 heterocycles. The number of rotatable bonds is 6. The molecule has 0 spiro atoms. The van der Waals surface area contributed by atoms with E-state index >= 15 is 0 Å². The van der Waals surface area contributed by atoms with Crippen LogP contribution in [0.15, 0.2) is 46.3 Å². The molecule has 1 aromatic carbocycles. The molecule has 0 aliphatic carbocycles. The molecule has 0 saturated carbocycles. The molecular formula is C17H14N2O5S. The number of hydrogen-bond donors (Lipinski definition) is 1. The Hall–Kier alpha value is -2.84. The number of nitrogens with zero attached hydrogens (tertiary/aromatic N) is 1. The smallest absolute Gasteiger partial charge is 0.250 e. The highest BCUT2D eigenvalue weighted by Gasteiger charge is 2.14. The lowest BCUT2D eigenvalue weighted by atomic mass is 10.3. The largest absolute Gasteiger partial charge is 0.454 e. The van der Waals surface area contributed by atoms with E-state index in [0.717, 1.165) is 4.88 Å². The van der Waals surface area contributed by atoms with Gasteiger partial charge >= 0.3 is 0 Å². The summed E-state index contributed by atoms with van der Waals surface area (Å²) in [6.07, 6.45) is 0.